The summed E-state index contributed by atoms with van der Waals surface area (Å²) in [6, 6.07) is 96.9. The van der Waals surface area contributed by atoms with Crippen LogP contribution in [-0.2, 0) is 0 Å². The second-order valence-electron chi connectivity index (χ2n) is 18.4. The van der Waals surface area contributed by atoms with E-state index in [2.05, 4.69) is 264 Å². The van der Waals surface area contributed by atoms with Crippen LogP contribution >= 0.6 is 0 Å². The summed E-state index contributed by atoms with van der Waals surface area (Å²) in [5, 5.41) is 9.74. The number of hydrogen-bond donors (Lipinski definition) is 0. The van der Waals surface area contributed by atoms with Gasteiger partial charge in [0.2, 0.25) is 0 Å². The third-order valence-electron chi connectivity index (χ3n) is 14.4. The van der Waals surface area contributed by atoms with E-state index < -0.39 is 0 Å². The van der Waals surface area contributed by atoms with Crippen LogP contribution in [0.25, 0.3) is 115 Å². The van der Waals surface area contributed by atoms with Crippen LogP contribution < -0.4 is 4.90 Å². The summed E-state index contributed by atoms with van der Waals surface area (Å²) in [6.45, 7) is 0. The number of anilines is 3. The molecule has 0 saturated carbocycles. The summed E-state index contributed by atoms with van der Waals surface area (Å²) in [4.78, 5) is 2.43. The molecule has 2 heterocycles. The van der Waals surface area contributed by atoms with Crippen molar-refractivity contribution in [2.45, 2.75) is 0 Å². The molecule has 0 unspecified atom stereocenters. The first-order valence-electron chi connectivity index (χ1n) is 24.3. The average Bonchev–Trinajstić information content (AvgIpc) is 3.99. The fourth-order valence-electron chi connectivity index (χ4n) is 11.0. The molecule has 0 spiro atoms. The zero-order valence-electron chi connectivity index (χ0n) is 38.7. The molecule has 0 bridgehead atoms. The van der Waals surface area contributed by atoms with E-state index in [1.165, 1.54) is 48.9 Å². The summed E-state index contributed by atoms with van der Waals surface area (Å²) in [6.07, 6.45) is 0. The standard InChI is InChI=1S/C68H44N2O/c1-2-15-47(16-3-1)56-39-34-51(63-42-50-17-4-5-20-55(50)57-21-6-7-22-58(57)63)43-66(56)69(53-37-31-46(32-38-53)49-33-40-62-61-25-10-13-28-67(61)71-68(62)44-49)52-35-29-45(30-36-52)48-18-14-19-54(41-48)70-64-26-11-8-23-59(64)60-24-9-12-27-65(60)70/h1-44H. The van der Waals surface area contributed by atoms with Gasteiger partial charge in [0.05, 0.1) is 16.7 Å². The molecule has 14 aromatic rings. The minimum atomic E-state index is 0.889. The first kappa shape index (κ1) is 40.6. The monoisotopic (exact) mass is 904 g/mol. The summed E-state index contributed by atoms with van der Waals surface area (Å²) < 4.78 is 8.73. The molecule has 0 fully saturated rings. The molecule has 2 aromatic heterocycles. The highest BCUT2D eigenvalue weighted by molar-refractivity contribution is 6.14. The van der Waals surface area contributed by atoms with Crippen molar-refractivity contribution in [3.8, 4) is 50.2 Å². The SMILES string of the molecule is c1ccc(-c2ccc(-c3cc4ccccc4c4ccccc34)cc2N(c2ccc(-c3cccc(-n4c5ccccc5c5ccccc54)c3)cc2)c2ccc(-c3ccc4c(c3)oc3ccccc34)cc2)cc1. The fraction of sp³-hybridized carbons (Fsp3) is 0. The van der Waals surface area contributed by atoms with E-state index >= 15 is 0 Å². The summed E-state index contributed by atoms with van der Waals surface area (Å²) >= 11 is 0. The van der Waals surface area contributed by atoms with Crippen LogP contribution in [-0.4, -0.2) is 4.57 Å². The first-order valence-corrected chi connectivity index (χ1v) is 24.3. The van der Waals surface area contributed by atoms with Crippen LogP contribution in [0.1, 0.15) is 0 Å². The van der Waals surface area contributed by atoms with Gasteiger partial charge in [-0.25, -0.2) is 0 Å². The predicted octanol–water partition coefficient (Wildman–Crippen LogP) is 19.1. The molecule has 3 nitrogen and oxygen atoms in total. The highest BCUT2D eigenvalue weighted by atomic mass is 16.3. The van der Waals surface area contributed by atoms with Crippen molar-refractivity contribution in [3.63, 3.8) is 0 Å². The number of aromatic nitrogens is 1. The van der Waals surface area contributed by atoms with Gasteiger partial charge in [-0.15, -0.1) is 0 Å². The molecule has 0 aliphatic rings. The molecular weight excluding hydrogens is 861 g/mol. The normalized spacial score (nSPS) is 11.7. The third-order valence-corrected chi connectivity index (χ3v) is 14.4. The maximum absolute atomic E-state index is 6.34. The average molecular weight is 905 g/mol. The number of fused-ring (bicyclic) bond motifs is 9. The second-order valence-corrected chi connectivity index (χ2v) is 18.4. The van der Waals surface area contributed by atoms with Crippen LogP contribution in [0.5, 0.6) is 0 Å². The van der Waals surface area contributed by atoms with Gasteiger partial charge >= 0.3 is 0 Å². The molecule has 0 aliphatic heterocycles. The topological polar surface area (TPSA) is 21.3 Å². The van der Waals surface area contributed by atoms with Crippen LogP contribution in [0.3, 0.4) is 0 Å². The molecule has 0 radical (unpaired) electrons. The minimum absolute atomic E-state index is 0.889. The molecule has 0 atom stereocenters. The summed E-state index contributed by atoms with van der Waals surface area (Å²) in [5.74, 6) is 0. The maximum atomic E-state index is 6.34. The van der Waals surface area contributed by atoms with Crippen molar-refractivity contribution in [1.29, 1.82) is 0 Å². The van der Waals surface area contributed by atoms with E-state index in [-0.39, 0.29) is 0 Å². The number of nitrogens with zero attached hydrogens (tertiary/aromatic N) is 2. The zero-order chi connectivity index (χ0) is 46.8. The lowest BCUT2D eigenvalue weighted by molar-refractivity contribution is 0.669. The van der Waals surface area contributed by atoms with Crippen molar-refractivity contribution in [2.75, 3.05) is 4.90 Å². The number of hydrogen-bond acceptors (Lipinski definition) is 2. The Hall–Kier alpha value is -9.44. The lowest BCUT2D eigenvalue weighted by Gasteiger charge is -2.29. The quantitative estimate of drug-likeness (QED) is 0.142. The number of rotatable bonds is 8. The maximum Gasteiger partial charge on any atom is 0.136 e. The van der Waals surface area contributed by atoms with Gasteiger partial charge in [-0.2, -0.15) is 0 Å². The summed E-state index contributed by atoms with van der Waals surface area (Å²) in [5.41, 5.74) is 17.7. The lowest BCUT2D eigenvalue weighted by atomic mass is 9.91. The van der Waals surface area contributed by atoms with Gasteiger partial charge < -0.3 is 13.9 Å². The second kappa shape index (κ2) is 16.7. The molecule has 3 heteroatoms. The molecule has 71 heavy (non-hydrogen) atoms. The molecule has 0 saturated heterocycles. The van der Waals surface area contributed by atoms with E-state index in [0.29, 0.717) is 0 Å². The van der Waals surface area contributed by atoms with Gasteiger partial charge in [-0.3, -0.25) is 0 Å². The van der Waals surface area contributed by atoms with Crippen LogP contribution in [0.15, 0.2) is 271 Å². The van der Waals surface area contributed by atoms with Crippen molar-refractivity contribution < 1.29 is 4.42 Å². The van der Waals surface area contributed by atoms with Gasteiger partial charge in [-0.1, -0.05) is 188 Å². The van der Waals surface area contributed by atoms with E-state index in [1.807, 2.05) is 12.1 Å². The Morgan fingerprint density at radius 3 is 1.54 bits per heavy atom. The van der Waals surface area contributed by atoms with Gasteiger partial charge in [0.25, 0.3) is 0 Å². The Labute approximate surface area is 411 Å². The predicted molar refractivity (Wildman–Crippen MR) is 299 cm³/mol. The smallest absolute Gasteiger partial charge is 0.136 e. The Morgan fingerprint density at radius 2 is 0.817 bits per heavy atom. The van der Waals surface area contributed by atoms with Gasteiger partial charge in [0.15, 0.2) is 0 Å². The van der Waals surface area contributed by atoms with Crippen molar-refractivity contribution >= 4 is 82.4 Å². The van der Waals surface area contributed by atoms with Gasteiger partial charge in [-0.05, 0) is 139 Å². The highest BCUT2D eigenvalue weighted by Gasteiger charge is 2.21. The minimum Gasteiger partial charge on any atom is -0.456 e. The molecule has 332 valence electrons. The Balaban J connectivity index is 0.929. The largest absolute Gasteiger partial charge is 0.456 e. The van der Waals surface area contributed by atoms with Gasteiger partial charge in [0.1, 0.15) is 11.2 Å². The van der Waals surface area contributed by atoms with E-state index in [1.54, 1.807) is 0 Å². The van der Waals surface area contributed by atoms with E-state index in [9.17, 15) is 0 Å². The Bertz CT molecular complexity index is 4280. The van der Waals surface area contributed by atoms with Crippen molar-refractivity contribution in [3.05, 3.63) is 267 Å². The number of benzene rings is 12. The zero-order valence-corrected chi connectivity index (χ0v) is 38.7. The third kappa shape index (κ3) is 6.89. The highest BCUT2D eigenvalue weighted by Crippen LogP contribution is 2.46. The molecule has 0 aliphatic carbocycles. The van der Waals surface area contributed by atoms with E-state index in [0.717, 1.165) is 83.6 Å². The van der Waals surface area contributed by atoms with Crippen molar-refractivity contribution in [2.24, 2.45) is 0 Å². The molecule has 12 aromatic carbocycles. The Morgan fingerprint density at radius 1 is 0.282 bits per heavy atom. The van der Waals surface area contributed by atoms with E-state index in [4.69, 9.17) is 4.42 Å². The van der Waals surface area contributed by atoms with Gasteiger partial charge in [0, 0.05) is 44.2 Å². The molecule has 0 N–H and O–H groups in total. The fourth-order valence-corrected chi connectivity index (χ4v) is 11.0. The number of para-hydroxylation sites is 3. The van der Waals surface area contributed by atoms with Crippen LogP contribution in [0.2, 0.25) is 0 Å². The van der Waals surface area contributed by atoms with Crippen molar-refractivity contribution in [1.82, 2.24) is 4.57 Å². The molecule has 14 rings (SSSR count). The number of furan rings is 1. The lowest BCUT2D eigenvalue weighted by Crippen LogP contribution is -2.11. The molecule has 0 amide bonds. The van der Waals surface area contributed by atoms with Crippen LogP contribution in [0, 0.1) is 0 Å². The Kier molecular flexibility index (Phi) is 9.53. The molecular formula is C68H44N2O. The first-order chi connectivity index (χ1) is 35.2. The van der Waals surface area contributed by atoms with Crippen LogP contribution in [0.4, 0.5) is 17.1 Å². The summed E-state index contributed by atoms with van der Waals surface area (Å²) in [7, 11) is 0.